The molecular weight excluding hydrogens is 320 g/mol. The molecule has 108 valence electrons. The van der Waals surface area contributed by atoms with Crippen LogP contribution in [0.25, 0.3) is 0 Å². The molecule has 1 aromatic rings. The fourth-order valence-corrected chi connectivity index (χ4v) is 2.93. The quantitative estimate of drug-likeness (QED) is 0.793. The maximum Gasteiger partial charge on any atom is 0.219 e. The first kappa shape index (κ1) is 15.2. The van der Waals surface area contributed by atoms with Crippen LogP contribution in [-0.4, -0.2) is 54.2 Å². The van der Waals surface area contributed by atoms with E-state index in [2.05, 4.69) is 20.8 Å². The van der Waals surface area contributed by atoms with Gasteiger partial charge in [-0.25, -0.2) is 0 Å². The molecule has 1 aromatic carbocycles. The Bertz CT molecular complexity index is 504. The summed E-state index contributed by atoms with van der Waals surface area (Å²) in [5, 5.41) is 0. The average molecular weight is 339 g/mol. The second-order valence-corrected chi connectivity index (χ2v) is 5.89. The highest BCUT2D eigenvalue weighted by atomic mass is 79.9. The van der Waals surface area contributed by atoms with Crippen molar-refractivity contribution in [1.29, 1.82) is 0 Å². The van der Waals surface area contributed by atoms with Gasteiger partial charge < -0.3 is 4.90 Å². The fourth-order valence-electron chi connectivity index (χ4n) is 2.42. The third kappa shape index (κ3) is 3.90. The lowest BCUT2D eigenvalue weighted by atomic mass is 10.1. The molecule has 1 amide bonds. The summed E-state index contributed by atoms with van der Waals surface area (Å²) in [7, 11) is 0. The second-order valence-electron chi connectivity index (χ2n) is 5.04. The summed E-state index contributed by atoms with van der Waals surface area (Å²) in [6.07, 6.45) is 0.919. The van der Waals surface area contributed by atoms with Gasteiger partial charge >= 0.3 is 0 Å². The molecule has 2 rings (SSSR count). The smallest absolute Gasteiger partial charge is 0.219 e. The van der Waals surface area contributed by atoms with Gasteiger partial charge in [0.05, 0.1) is 6.54 Å². The van der Waals surface area contributed by atoms with Gasteiger partial charge in [0.15, 0.2) is 5.78 Å². The number of hydrogen-bond acceptors (Lipinski definition) is 3. The zero-order valence-corrected chi connectivity index (χ0v) is 13.2. The minimum absolute atomic E-state index is 0.115. The van der Waals surface area contributed by atoms with Crippen molar-refractivity contribution in [2.24, 2.45) is 0 Å². The van der Waals surface area contributed by atoms with Crippen LogP contribution in [0.1, 0.15) is 23.7 Å². The van der Waals surface area contributed by atoms with E-state index in [-0.39, 0.29) is 11.7 Å². The molecular formula is C15H19BrN2O2. The number of rotatable bonds is 3. The van der Waals surface area contributed by atoms with Crippen LogP contribution in [-0.2, 0) is 4.79 Å². The summed E-state index contributed by atoms with van der Waals surface area (Å²) in [5.41, 5.74) is 0.722. The number of carbonyl (C=O) groups is 2. The highest BCUT2D eigenvalue weighted by Crippen LogP contribution is 2.17. The Kier molecular flexibility index (Phi) is 5.31. The summed E-state index contributed by atoms with van der Waals surface area (Å²) in [6.45, 7) is 5.12. The van der Waals surface area contributed by atoms with Crippen molar-refractivity contribution >= 4 is 27.6 Å². The Morgan fingerprint density at radius 2 is 1.90 bits per heavy atom. The predicted molar refractivity (Wildman–Crippen MR) is 81.8 cm³/mol. The van der Waals surface area contributed by atoms with Crippen molar-refractivity contribution in [2.75, 3.05) is 32.7 Å². The van der Waals surface area contributed by atoms with Crippen LogP contribution in [0.2, 0.25) is 0 Å². The predicted octanol–water partition coefficient (Wildman–Crippen LogP) is 2.19. The molecule has 0 N–H and O–H groups in total. The third-order valence-corrected chi connectivity index (χ3v) is 4.27. The van der Waals surface area contributed by atoms with E-state index in [9.17, 15) is 9.59 Å². The van der Waals surface area contributed by atoms with Crippen molar-refractivity contribution in [2.45, 2.75) is 13.3 Å². The number of ketones is 1. The van der Waals surface area contributed by atoms with Crippen LogP contribution in [0.4, 0.5) is 0 Å². The molecule has 1 heterocycles. The van der Waals surface area contributed by atoms with Gasteiger partial charge in [0.1, 0.15) is 0 Å². The van der Waals surface area contributed by atoms with Gasteiger partial charge in [-0.1, -0.05) is 34.1 Å². The molecule has 0 unspecified atom stereocenters. The van der Waals surface area contributed by atoms with E-state index in [1.165, 1.54) is 0 Å². The molecule has 1 fully saturated rings. The molecule has 1 aliphatic rings. The minimum atomic E-state index is 0.115. The van der Waals surface area contributed by atoms with Gasteiger partial charge in [0.2, 0.25) is 5.91 Å². The summed E-state index contributed by atoms with van der Waals surface area (Å²) in [5.74, 6) is 0.234. The largest absolute Gasteiger partial charge is 0.342 e. The lowest BCUT2D eigenvalue weighted by Gasteiger charge is -2.20. The first-order valence-electron chi connectivity index (χ1n) is 6.83. The monoisotopic (exact) mass is 338 g/mol. The molecule has 0 spiro atoms. The summed E-state index contributed by atoms with van der Waals surface area (Å²) < 4.78 is 0.838. The van der Waals surface area contributed by atoms with Gasteiger partial charge in [-0.05, 0) is 12.5 Å². The van der Waals surface area contributed by atoms with E-state index < -0.39 is 0 Å². The Hall–Kier alpha value is -1.20. The maximum absolute atomic E-state index is 12.3. The highest BCUT2D eigenvalue weighted by Gasteiger charge is 2.19. The molecule has 4 nitrogen and oxygen atoms in total. The number of benzene rings is 1. The lowest BCUT2D eigenvalue weighted by molar-refractivity contribution is -0.128. The number of Topliss-reactive ketones (excluding diaryl/α,β-unsaturated/α-hetero) is 1. The summed E-state index contributed by atoms with van der Waals surface area (Å²) >= 11 is 3.41. The fraction of sp³-hybridized carbons (Fsp3) is 0.467. The molecule has 0 radical (unpaired) electrons. The van der Waals surface area contributed by atoms with Gasteiger partial charge in [0, 0.05) is 43.1 Å². The lowest BCUT2D eigenvalue weighted by Crippen LogP contribution is -2.35. The number of amides is 1. The summed E-state index contributed by atoms with van der Waals surface area (Å²) in [6, 6.07) is 7.49. The van der Waals surface area contributed by atoms with E-state index in [0.717, 1.165) is 36.1 Å². The Balaban J connectivity index is 1.95. The first-order valence-corrected chi connectivity index (χ1v) is 7.63. The van der Waals surface area contributed by atoms with Crippen LogP contribution >= 0.6 is 15.9 Å². The molecule has 0 aliphatic carbocycles. The van der Waals surface area contributed by atoms with Crippen molar-refractivity contribution in [3.05, 3.63) is 34.3 Å². The van der Waals surface area contributed by atoms with Gasteiger partial charge in [0.25, 0.3) is 0 Å². The average Bonchev–Trinajstić information content (AvgIpc) is 2.65. The van der Waals surface area contributed by atoms with Gasteiger partial charge in [-0.3, -0.25) is 14.5 Å². The summed E-state index contributed by atoms with van der Waals surface area (Å²) in [4.78, 5) is 27.7. The molecule has 20 heavy (non-hydrogen) atoms. The molecule has 0 aromatic heterocycles. The van der Waals surface area contributed by atoms with Crippen molar-refractivity contribution in [1.82, 2.24) is 9.80 Å². The van der Waals surface area contributed by atoms with E-state index in [1.807, 2.05) is 29.2 Å². The van der Waals surface area contributed by atoms with Crippen LogP contribution in [0.5, 0.6) is 0 Å². The van der Waals surface area contributed by atoms with E-state index in [1.54, 1.807) is 6.92 Å². The molecule has 0 saturated carbocycles. The highest BCUT2D eigenvalue weighted by molar-refractivity contribution is 9.10. The van der Waals surface area contributed by atoms with Crippen molar-refractivity contribution < 1.29 is 9.59 Å². The Morgan fingerprint density at radius 3 is 2.60 bits per heavy atom. The number of halogens is 1. The normalized spacial score (nSPS) is 16.8. The minimum Gasteiger partial charge on any atom is -0.342 e. The molecule has 0 atom stereocenters. The zero-order valence-electron chi connectivity index (χ0n) is 11.6. The van der Waals surface area contributed by atoms with E-state index in [0.29, 0.717) is 13.1 Å². The standard InChI is InChI=1S/C15H19BrN2O2/c1-12(19)18-8-4-7-17(9-10-18)11-15(20)13-5-2-3-6-14(13)16/h2-3,5-6H,4,7-11H2,1H3. The van der Waals surface area contributed by atoms with Gasteiger partial charge in [-0.2, -0.15) is 0 Å². The Labute approximate surface area is 127 Å². The number of nitrogens with zero attached hydrogens (tertiary/aromatic N) is 2. The van der Waals surface area contributed by atoms with Crippen LogP contribution in [0, 0.1) is 0 Å². The third-order valence-electron chi connectivity index (χ3n) is 3.58. The van der Waals surface area contributed by atoms with Crippen LogP contribution in [0.15, 0.2) is 28.7 Å². The number of carbonyl (C=O) groups excluding carboxylic acids is 2. The van der Waals surface area contributed by atoms with Crippen LogP contribution < -0.4 is 0 Å². The molecule has 0 bridgehead atoms. The molecule has 1 saturated heterocycles. The van der Waals surface area contributed by atoms with E-state index in [4.69, 9.17) is 0 Å². The van der Waals surface area contributed by atoms with E-state index >= 15 is 0 Å². The Morgan fingerprint density at radius 1 is 1.15 bits per heavy atom. The van der Waals surface area contributed by atoms with Crippen molar-refractivity contribution in [3.8, 4) is 0 Å². The van der Waals surface area contributed by atoms with Gasteiger partial charge in [-0.15, -0.1) is 0 Å². The maximum atomic E-state index is 12.3. The van der Waals surface area contributed by atoms with Crippen LogP contribution in [0.3, 0.4) is 0 Å². The van der Waals surface area contributed by atoms with Crippen molar-refractivity contribution in [3.63, 3.8) is 0 Å². The molecule has 1 aliphatic heterocycles. The SMILES string of the molecule is CC(=O)N1CCCN(CC(=O)c2ccccc2Br)CC1. The number of hydrogen-bond donors (Lipinski definition) is 0. The second kappa shape index (κ2) is 6.99. The topological polar surface area (TPSA) is 40.6 Å². The zero-order chi connectivity index (χ0) is 14.5. The first-order chi connectivity index (χ1) is 9.58. The molecule has 5 heteroatoms.